The van der Waals surface area contributed by atoms with Crippen LogP contribution >= 0.6 is 0 Å². The summed E-state index contributed by atoms with van der Waals surface area (Å²) in [5.41, 5.74) is 0. The Morgan fingerprint density at radius 3 is 1.83 bits per heavy atom. The molecule has 0 saturated carbocycles. The van der Waals surface area contributed by atoms with Gasteiger partial charge in [0.15, 0.2) is 0 Å². The number of hydrogen-bond donors (Lipinski definition) is 1. The third kappa shape index (κ3) is 9.14. The molecule has 0 saturated heterocycles. The van der Waals surface area contributed by atoms with Crippen molar-refractivity contribution in [2.45, 2.75) is 26.4 Å². The predicted molar refractivity (Wildman–Crippen MR) is 29.1 cm³/mol. The molecule has 1 atom stereocenters. The van der Waals surface area contributed by atoms with E-state index in [1.54, 1.807) is 6.92 Å². The topological polar surface area (TPSA) is 20.2 Å². The van der Waals surface area contributed by atoms with Crippen LogP contribution in [0.5, 0.6) is 0 Å². The summed E-state index contributed by atoms with van der Waals surface area (Å²) in [6.07, 6.45) is 0.745. The predicted octanol–water partition coefficient (Wildman–Crippen LogP) is 0.129. The summed E-state index contributed by atoms with van der Waals surface area (Å²) in [6.45, 7) is 3.73. The van der Waals surface area contributed by atoms with E-state index in [0.29, 0.717) is 0 Å². The van der Waals surface area contributed by atoms with E-state index >= 15 is 0 Å². The van der Waals surface area contributed by atoms with E-state index in [2.05, 4.69) is 0 Å². The molecule has 0 aromatic rings. The summed E-state index contributed by atoms with van der Waals surface area (Å²) in [4.78, 5) is 0. The summed E-state index contributed by atoms with van der Waals surface area (Å²) >= 11 is 0. The first-order valence-corrected chi connectivity index (χ1v) is 1.95. The molecule has 34 valence electrons. The van der Waals surface area contributed by atoms with Crippen molar-refractivity contribution < 1.29 is 5.11 Å². The molecule has 0 rings (SSSR count). The second-order valence-electron chi connectivity index (χ2n) is 1.26. The summed E-state index contributed by atoms with van der Waals surface area (Å²) in [5.74, 6) is 0. The fourth-order valence-corrected chi connectivity index (χ4v) is 0. The van der Waals surface area contributed by atoms with Crippen LogP contribution in [0.3, 0.4) is 0 Å². The fraction of sp³-hybridized carbons (Fsp3) is 1.00. The molecule has 6 heavy (non-hydrogen) atoms. The second-order valence-corrected chi connectivity index (χ2v) is 1.26. The second kappa shape index (κ2) is 6.60. The van der Waals surface area contributed by atoms with Gasteiger partial charge in [-0.25, -0.2) is 0 Å². The molecule has 0 fully saturated rings. The molecule has 0 aliphatic rings. The molecule has 0 aliphatic carbocycles. The summed E-state index contributed by atoms with van der Waals surface area (Å²) < 4.78 is 0. The monoisotopic (exact) mass is 114 g/mol. The Bertz CT molecular complexity index is 21.5. The third-order valence-corrected chi connectivity index (χ3v) is 0.591. The Labute approximate surface area is 81.6 Å². The molecular formula is C4H11KO. The van der Waals surface area contributed by atoms with Gasteiger partial charge in [-0.15, -0.1) is 0 Å². The van der Waals surface area contributed by atoms with Gasteiger partial charge in [-0.1, -0.05) is 6.92 Å². The quantitative estimate of drug-likeness (QED) is 0.480. The van der Waals surface area contributed by atoms with Crippen molar-refractivity contribution in [3.63, 3.8) is 0 Å². The molecule has 1 nitrogen and oxygen atoms in total. The van der Waals surface area contributed by atoms with Crippen LogP contribution in [-0.4, -0.2) is 62.6 Å². The standard InChI is InChI=1S/C4H10O.K.H/c1-3-4(2)5;;/h4-5H,3H2,1-2H3;;. The SMILES string of the molecule is CCC(C)O.[KH]. The minimum absolute atomic E-state index is 0. The van der Waals surface area contributed by atoms with Crippen molar-refractivity contribution in [2.75, 3.05) is 0 Å². The molecule has 0 aliphatic heterocycles. The molecule has 0 heterocycles. The molecular weight excluding hydrogens is 103 g/mol. The van der Waals surface area contributed by atoms with Gasteiger partial charge < -0.3 is 5.11 Å². The summed E-state index contributed by atoms with van der Waals surface area (Å²) in [6, 6.07) is 0. The van der Waals surface area contributed by atoms with Crippen molar-refractivity contribution >= 4 is 51.4 Å². The first kappa shape index (κ1) is 10.6. The van der Waals surface area contributed by atoms with E-state index in [1.807, 2.05) is 6.92 Å². The van der Waals surface area contributed by atoms with E-state index in [4.69, 9.17) is 5.11 Å². The average Bonchev–Trinajstić information content (AvgIpc) is 1.38. The Morgan fingerprint density at radius 2 is 1.83 bits per heavy atom. The van der Waals surface area contributed by atoms with Gasteiger partial charge in [-0.3, -0.25) is 0 Å². The molecule has 0 bridgehead atoms. The van der Waals surface area contributed by atoms with Gasteiger partial charge in [0.2, 0.25) is 0 Å². The van der Waals surface area contributed by atoms with Crippen molar-refractivity contribution in [1.29, 1.82) is 0 Å². The van der Waals surface area contributed by atoms with E-state index in [-0.39, 0.29) is 57.5 Å². The fourth-order valence-electron chi connectivity index (χ4n) is 0. The molecule has 1 N–H and O–H groups in total. The molecule has 1 unspecified atom stereocenters. The molecule has 0 amide bonds. The van der Waals surface area contributed by atoms with Crippen LogP contribution in [0.25, 0.3) is 0 Å². The Hall–Kier alpha value is 1.60. The van der Waals surface area contributed by atoms with Gasteiger partial charge in [-0.2, -0.15) is 0 Å². The van der Waals surface area contributed by atoms with Crippen LogP contribution < -0.4 is 0 Å². The third-order valence-electron chi connectivity index (χ3n) is 0.591. The van der Waals surface area contributed by atoms with Crippen LogP contribution in [0.1, 0.15) is 20.3 Å². The summed E-state index contributed by atoms with van der Waals surface area (Å²) in [5, 5.41) is 8.36. The van der Waals surface area contributed by atoms with Gasteiger partial charge >= 0.3 is 51.4 Å². The Kier molecular flexibility index (Phi) is 11.6. The minimum atomic E-state index is -0.116. The van der Waals surface area contributed by atoms with Crippen LogP contribution in [0.2, 0.25) is 0 Å². The van der Waals surface area contributed by atoms with Crippen LogP contribution in [0.4, 0.5) is 0 Å². The molecule has 0 aromatic heterocycles. The average molecular weight is 114 g/mol. The molecule has 0 spiro atoms. The van der Waals surface area contributed by atoms with E-state index in [0.717, 1.165) is 6.42 Å². The Balaban J connectivity index is 0. The molecule has 0 aromatic carbocycles. The van der Waals surface area contributed by atoms with Crippen molar-refractivity contribution in [1.82, 2.24) is 0 Å². The van der Waals surface area contributed by atoms with Gasteiger partial charge in [0.1, 0.15) is 0 Å². The van der Waals surface area contributed by atoms with Gasteiger partial charge in [0.05, 0.1) is 6.10 Å². The zero-order chi connectivity index (χ0) is 4.28. The number of hydrogen-bond acceptors (Lipinski definition) is 1. The van der Waals surface area contributed by atoms with Gasteiger partial charge in [-0.05, 0) is 13.3 Å². The van der Waals surface area contributed by atoms with Crippen molar-refractivity contribution in [3.8, 4) is 0 Å². The van der Waals surface area contributed by atoms with E-state index < -0.39 is 0 Å². The maximum atomic E-state index is 8.36. The van der Waals surface area contributed by atoms with Crippen molar-refractivity contribution in [3.05, 3.63) is 0 Å². The maximum absolute atomic E-state index is 8.36. The van der Waals surface area contributed by atoms with Crippen LogP contribution in [0.15, 0.2) is 0 Å². The Morgan fingerprint density at radius 1 is 1.67 bits per heavy atom. The van der Waals surface area contributed by atoms with Gasteiger partial charge in [0.25, 0.3) is 0 Å². The van der Waals surface area contributed by atoms with E-state index in [1.165, 1.54) is 0 Å². The first-order valence-electron chi connectivity index (χ1n) is 1.95. The molecule has 0 radical (unpaired) electrons. The number of aliphatic hydroxyl groups is 1. The van der Waals surface area contributed by atoms with Crippen LogP contribution in [-0.2, 0) is 0 Å². The first-order chi connectivity index (χ1) is 2.27. The zero-order valence-corrected chi connectivity index (χ0v) is 3.73. The van der Waals surface area contributed by atoms with E-state index in [9.17, 15) is 0 Å². The number of aliphatic hydroxyl groups excluding tert-OH is 1. The normalized spacial score (nSPS) is 12.5. The van der Waals surface area contributed by atoms with Crippen molar-refractivity contribution in [2.24, 2.45) is 0 Å². The summed E-state index contributed by atoms with van der Waals surface area (Å²) in [7, 11) is 0. The van der Waals surface area contributed by atoms with Gasteiger partial charge in [0, 0.05) is 0 Å². The zero-order valence-electron chi connectivity index (χ0n) is 3.73. The molecule has 2 heteroatoms. The van der Waals surface area contributed by atoms with Crippen LogP contribution in [0, 0.1) is 0 Å². The number of rotatable bonds is 1.